The number of nitrogens with two attached hydrogens (primary N) is 1. The van der Waals surface area contributed by atoms with Crippen molar-refractivity contribution in [1.82, 2.24) is 4.90 Å². The second-order valence-electron chi connectivity index (χ2n) is 4.80. The molecule has 1 aromatic rings. The van der Waals surface area contributed by atoms with E-state index in [1.165, 1.54) is 0 Å². The molecule has 1 fully saturated rings. The SMILES string of the molecule is NC(=O)C1CCN(C(=O)COc2cccc(I)c2)CC1. The van der Waals surface area contributed by atoms with Gasteiger partial charge in [0.1, 0.15) is 5.75 Å². The van der Waals surface area contributed by atoms with Crippen LogP contribution in [0.25, 0.3) is 0 Å². The minimum atomic E-state index is -0.271. The number of nitrogens with zero attached hydrogens (tertiary/aromatic N) is 1. The van der Waals surface area contributed by atoms with E-state index in [0.29, 0.717) is 31.7 Å². The number of benzene rings is 1. The second-order valence-corrected chi connectivity index (χ2v) is 6.05. The van der Waals surface area contributed by atoms with Gasteiger partial charge in [0.25, 0.3) is 5.91 Å². The van der Waals surface area contributed by atoms with E-state index in [9.17, 15) is 9.59 Å². The first-order chi connectivity index (χ1) is 9.56. The Bertz CT molecular complexity index is 499. The minimum Gasteiger partial charge on any atom is -0.484 e. The smallest absolute Gasteiger partial charge is 0.260 e. The van der Waals surface area contributed by atoms with Crippen LogP contribution in [-0.2, 0) is 9.59 Å². The Morgan fingerprint density at radius 3 is 2.65 bits per heavy atom. The van der Waals surface area contributed by atoms with Crippen molar-refractivity contribution in [3.8, 4) is 5.75 Å². The van der Waals surface area contributed by atoms with Crippen LogP contribution in [0.5, 0.6) is 5.75 Å². The van der Waals surface area contributed by atoms with Gasteiger partial charge in [-0.15, -0.1) is 0 Å². The number of likely N-dealkylation sites (tertiary alicyclic amines) is 1. The lowest BCUT2D eigenvalue weighted by Crippen LogP contribution is -2.43. The molecule has 2 rings (SSSR count). The van der Waals surface area contributed by atoms with Crippen molar-refractivity contribution in [2.45, 2.75) is 12.8 Å². The summed E-state index contributed by atoms with van der Waals surface area (Å²) in [5.74, 6) is 0.270. The summed E-state index contributed by atoms with van der Waals surface area (Å²) in [4.78, 5) is 24.8. The van der Waals surface area contributed by atoms with Crippen molar-refractivity contribution in [3.63, 3.8) is 0 Å². The highest BCUT2D eigenvalue weighted by Gasteiger charge is 2.25. The molecule has 2 amide bonds. The van der Waals surface area contributed by atoms with Gasteiger partial charge in [-0.25, -0.2) is 0 Å². The second kappa shape index (κ2) is 6.92. The van der Waals surface area contributed by atoms with E-state index in [2.05, 4.69) is 22.6 Å². The van der Waals surface area contributed by atoms with E-state index >= 15 is 0 Å². The minimum absolute atomic E-state index is 0.0291. The summed E-state index contributed by atoms with van der Waals surface area (Å²) >= 11 is 2.19. The molecule has 1 aliphatic heterocycles. The highest BCUT2D eigenvalue weighted by Crippen LogP contribution is 2.18. The molecule has 0 atom stereocenters. The van der Waals surface area contributed by atoms with Crippen LogP contribution in [0.2, 0.25) is 0 Å². The number of rotatable bonds is 4. The van der Waals surface area contributed by atoms with Gasteiger partial charge in [-0.3, -0.25) is 9.59 Å². The van der Waals surface area contributed by atoms with Gasteiger partial charge in [0.15, 0.2) is 6.61 Å². The van der Waals surface area contributed by atoms with E-state index < -0.39 is 0 Å². The molecule has 0 radical (unpaired) electrons. The molecule has 0 unspecified atom stereocenters. The highest BCUT2D eigenvalue weighted by atomic mass is 127. The number of hydrogen-bond donors (Lipinski definition) is 1. The van der Waals surface area contributed by atoms with Crippen molar-refractivity contribution in [3.05, 3.63) is 27.8 Å². The lowest BCUT2D eigenvalue weighted by atomic mass is 9.96. The summed E-state index contributed by atoms with van der Waals surface area (Å²) in [6.45, 7) is 1.17. The fraction of sp³-hybridized carbons (Fsp3) is 0.429. The van der Waals surface area contributed by atoms with Gasteiger partial charge in [-0.2, -0.15) is 0 Å². The molecule has 0 aromatic heterocycles. The topological polar surface area (TPSA) is 72.6 Å². The Labute approximate surface area is 131 Å². The third-order valence-corrected chi connectivity index (χ3v) is 4.08. The number of amides is 2. The van der Waals surface area contributed by atoms with Crippen molar-refractivity contribution < 1.29 is 14.3 Å². The van der Waals surface area contributed by atoms with Gasteiger partial charge < -0.3 is 15.4 Å². The average molecular weight is 388 g/mol. The number of halogens is 1. The Balaban J connectivity index is 1.80. The van der Waals surface area contributed by atoms with E-state index in [1.54, 1.807) is 4.90 Å². The Hall–Kier alpha value is -1.31. The maximum absolute atomic E-state index is 12.0. The number of carbonyl (C=O) groups excluding carboxylic acids is 2. The van der Waals surface area contributed by atoms with Gasteiger partial charge in [-0.1, -0.05) is 6.07 Å². The number of primary amides is 1. The fourth-order valence-corrected chi connectivity index (χ4v) is 2.72. The van der Waals surface area contributed by atoms with E-state index in [0.717, 1.165) is 3.57 Å². The van der Waals surface area contributed by atoms with Crippen LogP contribution < -0.4 is 10.5 Å². The van der Waals surface area contributed by atoms with Crippen LogP contribution in [0, 0.1) is 9.49 Å². The lowest BCUT2D eigenvalue weighted by molar-refractivity contribution is -0.136. The third kappa shape index (κ3) is 4.09. The molecule has 1 aromatic carbocycles. The molecule has 1 saturated heterocycles. The van der Waals surface area contributed by atoms with Crippen LogP contribution in [0.3, 0.4) is 0 Å². The van der Waals surface area contributed by atoms with Gasteiger partial charge in [0.05, 0.1) is 0 Å². The fourth-order valence-electron chi connectivity index (χ4n) is 2.21. The number of piperidine rings is 1. The zero-order valence-electron chi connectivity index (χ0n) is 11.0. The molecule has 0 spiro atoms. The highest BCUT2D eigenvalue weighted by molar-refractivity contribution is 14.1. The zero-order chi connectivity index (χ0) is 14.5. The summed E-state index contributed by atoms with van der Waals surface area (Å²) in [5.41, 5.74) is 5.27. The number of carbonyl (C=O) groups is 2. The summed E-state index contributed by atoms with van der Waals surface area (Å²) in [7, 11) is 0. The molecule has 2 N–H and O–H groups in total. The van der Waals surface area contributed by atoms with Gasteiger partial charge >= 0.3 is 0 Å². The van der Waals surface area contributed by atoms with Crippen molar-refractivity contribution >= 4 is 34.4 Å². The molecule has 1 aliphatic rings. The van der Waals surface area contributed by atoms with Gasteiger partial charge in [0.2, 0.25) is 5.91 Å². The average Bonchev–Trinajstić information content (AvgIpc) is 2.45. The summed E-state index contributed by atoms with van der Waals surface area (Å²) in [5, 5.41) is 0. The van der Waals surface area contributed by atoms with Crippen molar-refractivity contribution in [2.24, 2.45) is 11.7 Å². The van der Waals surface area contributed by atoms with Gasteiger partial charge in [-0.05, 0) is 53.6 Å². The van der Waals surface area contributed by atoms with Crippen molar-refractivity contribution in [2.75, 3.05) is 19.7 Å². The molecule has 6 heteroatoms. The summed E-state index contributed by atoms with van der Waals surface area (Å²) in [6, 6.07) is 7.56. The van der Waals surface area contributed by atoms with Crippen LogP contribution >= 0.6 is 22.6 Å². The quantitative estimate of drug-likeness (QED) is 0.793. The summed E-state index contributed by atoms with van der Waals surface area (Å²) < 4.78 is 6.55. The first-order valence-corrected chi connectivity index (χ1v) is 7.59. The lowest BCUT2D eigenvalue weighted by Gasteiger charge is -2.30. The number of ether oxygens (including phenoxy) is 1. The van der Waals surface area contributed by atoms with E-state index in [-0.39, 0.29) is 24.3 Å². The predicted octanol–water partition coefficient (Wildman–Crippen LogP) is 1.39. The Morgan fingerprint density at radius 2 is 2.05 bits per heavy atom. The normalized spacial score (nSPS) is 15.9. The van der Waals surface area contributed by atoms with Gasteiger partial charge in [0, 0.05) is 22.6 Å². The Kier molecular flexibility index (Phi) is 5.22. The van der Waals surface area contributed by atoms with Crippen LogP contribution in [0.1, 0.15) is 12.8 Å². The first-order valence-electron chi connectivity index (χ1n) is 6.51. The maximum Gasteiger partial charge on any atom is 0.260 e. The third-order valence-electron chi connectivity index (χ3n) is 3.41. The molecular formula is C14H17IN2O3. The predicted molar refractivity (Wildman–Crippen MR) is 83.2 cm³/mol. The first kappa shape index (κ1) is 15.1. The van der Waals surface area contributed by atoms with Crippen LogP contribution in [0.4, 0.5) is 0 Å². The molecule has 5 nitrogen and oxygen atoms in total. The van der Waals surface area contributed by atoms with Crippen molar-refractivity contribution in [1.29, 1.82) is 0 Å². The van der Waals surface area contributed by atoms with E-state index in [1.807, 2.05) is 24.3 Å². The molecular weight excluding hydrogens is 371 g/mol. The maximum atomic E-state index is 12.0. The summed E-state index contributed by atoms with van der Waals surface area (Å²) in [6.07, 6.45) is 1.29. The Morgan fingerprint density at radius 1 is 1.35 bits per heavy atom. The molecule has 1 heterocycles. The zero-order valence-corrected chi connectivity index (χ0v) is 13.2. The van der Waals surface area contributed by atoms with Crippen LogP contribution in [-0.4, -0.2) is 36.4 Å². The van der Waals surface area contributed by atoms with Crippen LogP contribution in [0.15, 0.2) is 24.3 Å². The number of hydrogen-bond acceptors (Lipinski definition) is 3. The largest absolute Gasteiger partial charge is 0.484 e. The monoisotopic (exact) mass is 388 g/mol. The molecule has 0 aliphatic carbocycles. The van der Waals surface area contributed by atoms with E-state index in [4.69, 9.17) is 10.5 Å². The molecule has 0 bridgehead atoms. The molecule has 108 valence electrons. The standard InChI is InChI=1S/C14H17IN2O3/c15-11-2-1-3-12(8-11)20-9-13(18)17-6-4-10(5-7-17)14(16)19/h1-3,8,10H,4-7,9H2,(H2,16,19). The molecule has 20 heavy (non-hydrogen) atoms. The molecule has 0 saturated carbocycles.